The molecule has 1 heterocycles. The van der Waals surface area contributed by atoms with E-state index in [2.05, 4.69) is 12.2 Å². The Hall–Kier alpha value is -1.11. The Morgan fingerprint density at radius 2 is 1.81 bits per heavy atom. The lowest BCUT2D eigenvalue weighted by Gasteiger charge is -2.28. The molecule has 2 fully saturated rings. The van der Waals surface area contributed by atoms with Crippen molar-refractivity contribution in [2.45, 2.75) is 61.6 Å². The molecule has 5 nitrogen and oxygen atoms in total. The first-order chi connectivity index (χ1) is 12.0. The number of rotatable bonds is 6. The van der Waals surface area contributed by atoms with Crippen LogP contribution in [0.15, 0.2) is 29.2 Å². The molecule has 7 heteroatoms. The molecule has 0 aromatic heterocycles. The summed E-state index contributed by atoms with van der Waals surface area (Å²) in [6, 6.07) is 6.80. The largest absolute Gasteiger partial charge is 0.334 e. The number of halogens is 1. The van der Waals surface area contributed by atoms with Gasteiger partial charge in [0.15, 0.2) is 9.84 Å². The summed E-state index contributed by atoms with van der Waals surface area (Å²) in [5.74, 6) is 0.000337. The molecule has 1 aliphatic heterocycles. The molecule has 0 bridgehead atoms. The second-order valence-electron chi connectivity index (χ2n) is 7.12. The number of hydrogen-bond acceptors (Lipinski definition) is 4. The highest BCUT2D eigenvalue weighted by atomic mass is 35.5. The highest BCUT2D eigenvalue weighted by molar-refractivity contribution is 7.92. The third-order valence-corrected chi connectivity index (χ3v) is 7.65. The van der Waals surface area contributed by atoms with E-state index in [4.69, 9.17) is 0 Å². The molecule has 3 rings (SSSR count). The molecule has 1 saturated carbocycles. The minimum Gasteiger partial charge on any atom is -0.334 e. The standard InChI is InChI=1S/C19H28N2O3S.ClH/c1-2-13-21(16-11-12-20-14-16)19(22)15-7-9-18(10-8-15)25(23,24)17-5-3-4-6-17;/h7-10,16-17,20H,2-6,11-14H2,1H3;1H. The molecular weight excluding hydrogens is 372 g/mol. The van der Waals surface area contributed by atoms with Gasteiger partial charge >= 0.3 is 0 Å². The van der Waals surface area contributed by atoms with Gasteiger partial charge in [-0.25, -0.2) is 8.42 Å². The van der Waals surface area contributed by atoms with Crippen molar-refractivity contribution in [3.63, 3.8) is 0 Å². The number of hydrogen-bond donors (Lipinski definition) is 1. The minimum absolute atomic E-state index is 0. The fourth-order valence-corrected chi connectivity index (χ4v) is 5.79. The number of carbonyl (C=O) groups is 1. The van der Waals surface area contributed by atoms with Crippen LogP contribution < -0.4 is 5.32 Å². The molecular formula is C19H29ClN2O3S. The molecule has 146 valence electrons. The number of benzene rings is 1. The number of sulfone groups is 1. The smallest absolute Gasteiger partial charge is 0.254 e. The Labute approximate surface area is 162 Å². The number of amides is 1. The Morgan fingerprint density at radius 1 is 1.15 bits per heavy atom. The average molecular weight is 401 g/mol. The van der Waals surface area contributed by atoms with E-state index in [9.17, 15) is 13.2 Å². The van der Waals surface area contributed by atoms with E-state index in [1.54, 1.807) is 24.3 Å². The van der Waals surface area contributed by atoms with Gasteiger partial charge in [-0.1, -0.05) is 19.8 Å². The number of carbonyl (C=O) groups excluding carboxylic acids is 1. The lowest BCUT2D eigenvalue weighted by Crippen LogP contribution is -2.42. The molecule has 1 aromatic carbocycles. The van der Waals surface area contributed by atoms with Crippen molar-refractivity contribution in [2.75, 3.05) is 19.6 Å². The quantitative estimate of drug-likeness (QED) is 0.796. The summed E-state index contributed by atoms with van der Waals surface area (Å²) in [6.45, 7) is 4.57. The molecule has 0 spiro atoms. The van der Waals surface area contributed by atoms with E-state index in [0.29, 0.717) is 10.5 Å². The van der Waals surface area contributed by atoms with E-state index in [1.807, 2.05) is 4.90 Å². The summed E-state index contributed by atoms with van der Waals surface area (Å²) in [6.07, 6.45) is 5.37. The summed E-state index contributed by atoms with van der Waals surface area (Å²) in [7, 11) is -3.26. The van der Waals surface area contributed by atoms with Crippen molar-refractivity contribution >= 4 is 28.2 Å². The van der Waals surface area contributed by atoms with Crippen molar-refractivity contribution in [3.05, 3.63) is 29.8 Å². The zero-order valence-corrected chi connectivity index (χ0v) is 16.9. The Balaban J connectivity index is 0.00000243. The normalized spacial score (nSPS) is 20.7. The molecule has 26 heavy (non-hydrogen) atoms. The van der Waals surface area contributed by atoms with Crippen LogP contribution in [0.5, 0.6) is 0 Å². The van der Waals surface area contributed by atoms with Gasteiger partial charge in [-0.15, -0.1) is 12.4 Å². The van der Waals surface area contributed by atoms with Crippen LogP contribution in [0.25, 0.3) is 0 Å². The van der Waals surface area contributed by atoms with Crippen LogP contribution >= 0.6 is 12.4 Å². The maximum Gasteiger partial charge on any atom is 0.254 e. The molecule has 1 saturated heterocycles. The van der Waals surface area contributed by atoms with Gasteiger partial charge in [0.1, 0.15) is 0 Å². The summed E-state index contributed by atoms with van der Waals surface area (Å²) >= 11 is 0. The third kappa shape index (κ3) is 4.41. The van der Waals surface area contributed by atoms with Crippen LogP contribution in [0.2, 0.25) is 0 Å². The lowest BCUT2D eigenvalue weighted by molar-refractivity contribution is 0.0692. The van der Waals surface area contributed by atoms with Crippen LogP contribution in [-0.2, 0) is 9.84 Å². The molecule has 0 radical (unpaired) electrons. The fraction of sp³-hybridized carbons (Fsp3) is 0.632. The lowest BCUT2D eigenvalue weighted by atomic mass is 10.1. The van der Waals surface area contributed by atoms with Crippen molar-refractivity contribution in [1.82, 2.24) is 10.2 Å². The predicted molar refractivity (Wildman–Crippen MR) is 106 cm³/mol. The first-order valence-electron chi connectivity index (χ1n) is 9.39. The highest BCUT2D eigenvalue weighted by Gasteiger charge is 2.31. The number of nitrogens with zero attached hydrogens (tertiary/aromatic N) is 1. The molecule has 1 aliphatic carbocycles. The maximum absolute atomic E-state index is 12.9. The second kappa shape index (κ2) is 9.20. The summed E-state index contributed by atoms with van der Waals surface area (Å²) in [4.78, 5) is 15.2. The van der Waals surface area contributed by atoms with Crippen LogP contribution in [0, 0.1) is 0 Å². The topological polar surface area (TPSA) is 66.5 Å². The van der Waals surface area contributed by atoms with Gasteiger partial charge in [0.25, 0.3) is 5.91 Å². The monoisotopic (exact) mass is 400 g/mol. The van der Waals surface area contributed by atoms with E-state index < -0.39 is 9.84 Å². The summed E-state index contributed by atoms with van der Waals surface area (Å²) < 4.78 is 25.3. The van der Waals surface area contributed by atoms with Gasteiger partial charge in [-0.2, -0.15) is 0 Å². The van der Waals surface area contributed by atoms with Crippen LogP contribution in [-0.4, -0.2) is 50.2 Å². The van der Waals surface area contributed by atoms with E-state index in [0.717, 1.165) is 58.2 Å². The van der Waals surface area contributed by atoms with E-state index in [1.165, 1.54) is 0 Å². The van der Waals surface area contributed by atoms with E-state index >= 15 is 0 Å². The summed E-state index contributed by atoms with van der Waals surface area (Å²) in [5.41, 5.74) is 0.575. The van der Waals surface area contributed by atoms with Crippen molar-refractivity contribution in [3.8, 4) is 0 Å². The first-order valence-corrected chi connectivity index (χ1v) is 10.9. The van der Waals surface area contributed by atoms with Gasteiger partial charge in [0, 0.05) is 24.7 Å². The van der Waals surface area contributed by atoms with Gasteiger partial charge in [0.2, 0.25) is 0 Å². The summed E-state index contributed by atoms with van der Waals surface area (Å²) in [5, 5.41) is 3.05. The Kier molecular flexibility index (Phi) is 7.50. The van der Waals surface area contributed by atoms with Crippen LogP contribution in [0.3, 0.4) is 0 Å². The first kappa shape index (κ1) is 21.2. The Morgan fingerprint density at radius 3 is 2.35 bits per heavy atom. The highest BCUT2D eigenvalue weighted by Crippen LogP contribution is 2.29. The molecule has 1 aromatic rings. The van der Waals surface area contributed by atoms with Crippen LogP contribution in [0.4, 0.5) is 0 Å². The molecule has 2 aliphatic rings. The van der Waals surface area contributed by atoms with Gasteiger partial charge in [-0.3, -0.25) is 4.79 Å². The van der Waals surface area contributed by atoms with Crippen molar-refractivity contribution in [1.29, 1.82) is 0 Å². The van der Waals surface area contributed by atoms with Gasteiger partial charge in [-0.05, 0) is 56.5 Å². The van der Waals surface area contributed by atoms with E-state index in [-0.39, 0.29) is 29.6 Å². The average Bonchev–Trinajstić information content (AvgIpc) is 3.32. The maximum atomic E-state index is 12.9. The molecule has 1 N–H and O–H groups in total. The molecule has 1 unspecified atom stereocenters. The Bertz CT molecular complexity index is 694. The SMILES string of the molecule is CCCN(C(=O)c1ccc(S(=O)(=O)C2CCCC2)cc1)C1CCNC1.Cl. The fourth-order valence-electron chi connectivity index (χ4n) is 3.94. The minimum atomic E-state index is -3.26. The zero-order chi connectivity index (χ0) is 17.9. The van der Waals surface area contributed by atoms with Crippen LogP contribution in [0.1, 0.15) is 55.8 Å². The zero-order valence-electron chi connectivity index (χ0n) is 15.3. The van der Waals surface area contributed by atoms with Gasteiger partial charge in [0.05, 0.1) is 10.1 Å². The predicted octanol–water partition coefficient (Wildman–Crippen LogP) is 3.04. The number of nitrogens with one attached hydrogen (secondary N) is 1. The third-order valence-electron chi connectivity index (χ3n) is 5.37. The second-order valence-corrected chi connectivity index (χ2v) is 9.35. The van der Waals surface area contributed by atoms with Gasteiger partial charge < -0.3 is 10.2 Å². The van der Waals surface area contributed by atoms with Crippen molar-refractivity contribution < 1.29 is 13.2 Å². The molecule has 1 atom stereocenters. The van der Waals surface area contributed by atoms with Crippen molar-refractivity contribution in [2.24, 2.45) is 0 Å². The molecule has 1 amide bonds.